The highest BCUT2D eigenvalue weighted by Gasteiger charge is 2.15. The molecule has 0 radical (unpaired) electrons. The maximum Gasteiger partial charge on any atom is 0.270 e. The van der Waals surface area contributed by atoms with E-state index in [4.69, 9.17) is 9.47 Å². The molecule has 0 unspecified atom stereocenters. The zero-order valence-corrected chi connectivity index (χ0v) is 16.0. The van der Waals surface area contributed by atoms with Crippen LogP contribution in [0.5, 0.6) is 11.5 Å². The van der Waals surface area contributed by atoms with Crippen LogP contribution in [-0.2, 0) is 0 Å². The van der Waals surface area contributed by atoms with Crippen molar-refractivity contribution in [2.24, 2.45) is 0 Å². The van der Waals surface area contributed by atoms with Gasteiger partial charge in [0.15, 0.2) is 11.5 Å². The molecule has 1 aromatic carbocycles. The molecule has 2 aromatic rings. The number of nitrogens with one attached hydrogen (secondary N) is 2. The molecule has 0 saturated heterocycles. The minimum Gasteiger partial charge on any atom is -0.454 e. The van der Waals surface area contributed by atoms with Crippen LogP contribution in [0.3, 0.4) is 0 Å². The van der Waals surface area contributed by atoms with Gasteiger partial charge in [-0.25, -0.2) is 9.97 Å². The fraction of sp³-hybridized carbons (Fsp3) is 0.381. The number of benzene rings is 1. The molecule has 0 saturated carbocycles. The van der Waals surface area contributed by atoms with Gasteiger partial charge in [0.05, 0.1) is 0 Å². The summed E-state index contributed by atoms with van der Waals surface area (Å²) in [6, 6.07) is 7.22. The Bertz CT molecular complexity index is 911. The molecule has 146 valence electrons. The van der Waals surface area contributed by atoms with E-state index in [0.717, 1.165) is 30.7 Å². The standard InChI is InChI=1S/C21H24N4O3/c1-14-23-17(21(26)22-10-9-15-5-3-2-4-6-15)12-20(24-14)25-16-7-8-18-19(11-16)28-13-27-18/h5,7-8,11-12H,2-4,6,9-10,13H2,1H3,(H,22,26)(H,23,24,25). The second-order valence-electron chi connectivity index (χ2n) is 6.99. The number of fused-ring (bicyclic) bond motifs is 1. The monoisotopic (exact) mass is 380 g/mol. The number of hydrogen-bond donors (Lipinski definition) is 2. The lowest BCUT2D eigenvalue weighted by Crippen LogP contribution is -2.26. The van der Waals surface area contributed by atoms with Crippen LogP contribution in [0.25, 0.3) is 0 Å². The third-order valence-electron chi connectivity index (χ3n) is 4.83. The zero-order valence-electron chi connectivity index (χ0n) is 16.0. The zero-order chi connectivity index (χ0) is 19.3. The van der Waals surface area contributed by atoms with Crippen LogP contribution >= 0.6 is 0 Å². The Labute approximate surface area is 164 Å². The van der Waals surface area contributed by atoms with Gasteiger partial charge >= 0.3 is 0 Å². The maximum atomic E-state index is 12.5. The molecular weight excluding hydrogens is 356 g/mol. The van der Waals surface area contributed by atoms with Gasteiger partial charge in [-0.2, -0.15) is 0 Å². The summed E-state index contributed by atoms with van der Waals surface area (Å²) in [5.74, 6) is 2.32. The van der Waals surface area contributed by atoms with E-state index < -0.39 is 0 Å². The van der Waals surface area contributed by atoms with Gasteiger partial charge in [0, 0.05) is 24.4 Å². The molecule has 1 aromatic heterocycles. The number of anilines is 2. The number of amides is 1. The molecule has 1 aliphatic heterocycles. The Kier molecular flexibility index (Phi) is 5.41. The highest BCUT2D eigenvalue weighted by Crippen LogP contribution is 2.34. The molecule has 2 N–H and O–H groups in total. The molecule has 0 fully saturated rings. The third kappa shape index (κ3) is 4.42. The van der Waals surface area contributed by atoms with E-state index in [9.17, 15) is 4.79 Å². The molecule has 28 heavy (non-hydrogen) atoms. The molecule has 1 aliphatic carbocycles. The van der Waals surface area contributed by atoms with Crippen LogP contribution in [-0.4, -0.2) is 29.2 Å². The van der Waals surface area contributed by atoms with E-state index in [1.807, 2.05) is 18.2 Å². The SMILES string of the molecule is Cc1nc(Nc2ccc3c(c2)OCO3)cc(C(=O)NCCC2=CCCCC2)n1. The average Bonchev–Trinajstić information content (AvgIpc) is 3.16. The second kappa shape index (κ2) is 8.29. The number of allylic oxidation sites excluding steroid dienone is 1. The number of aromatic nitrogens is 2. The molecule has 4 rings (SSSR count). The van der Waals surface area contributed by atoms with Gasteiger partial charge in [0.2, 0.25) is 6.79 Å². The number of ether oxygens (including phenoxy) is 2. The summed E-state index contributed by atoms with van der Waals surface area (Å²) in [5.41, 5.74) is 2.60. The number of carbonyl (C=O) groups excluding carboxylic acids is 1. The van der Waals surface area contributed by atoms with Gasteiger partial charge in [-0.1, -0.05) is 11.6 Å². The van der Waals surface area contributed by atoms with Crippen molar-refractivity contribution in [3.63, 3.8) is 0 Å². The van der Waals surface area contributed by atoms with E-state index in [0.29, 0.717) is 29.6 Å². The highest BCUT2D eigenvalue weighted by molar-refractivity contribution is 5.93. The molecule has 0 spiro atoms. The normalized spacial score (nSPS) is 15.1. The minimum absolute atomic E-state index is 0.185. The Morgan fingerprint density at radius 3 is 2.89 bits per heavy atom. The quantitative estimate of drug-likeness (QED) is 0.740. The number of aryl methyl sites for hydroxylation is 1. The van der Waals surface area contributed by atoms with Crippen molar-refractivity contribution in [1.82, 2.24) is 15.3 Å². The number of carbonyl (C=O) groups is 1. The molecule has 7 nitrogen and oxygen atoms in total. The predicted octanol–water partition coefficient (Wildman–Crippen LogP) is 3.88. The van der Waals surface area contributed by atoms with E-state index in [2.05, 4.69) is 26.7 Å². The van der Waals surface area contributed by atoms with Crippen LogP contribution in [0, 0.1) is 6.92 Å². The highest BCUT2D eigenvalue weighted by atomic mass is 16.7. The van der Waals surface area contributed by atoms with Crippen molar-refractivity contribution in [3.05, 3.63) is 47.4 Å². The summed E-state index contributed by atoms with van der Waals surface area (Å²) in [7, 11) is 0. The predicted molar refractivity (Wildman–Crippen MR) is 106 cm³/mol. The van der Waals surface area contributed by atoms with Gasteiger partial charge in [-0.3, -0.25) is 4.79 Å². The Balaban J connectivity index is 1.40. The van der Waals surface area contributed by atoms with E-state index in [1.54, 1.807) is 13.0 Å². The largest absolute Gasteiger partial charge is 0.454 e. The second-order valence-corrected chi connectivity index (χ2v) is 6.99. The van der Waals surface area contributed by atoms with Crippen LogP contribution < -0.4 is 20.1 Å². The van der Waals surface area contributed by atoms with Crippen molar-refractivity contribution < 1.29 is 14.3 Å². The lowest BCUT2D eigenvalue weighted by atomic mass is 9.97. The third-order valence-corrected chi connectivity index (χ3v) is 4.83. The van der Waals surface area contributed by atoms with Gasteiger partial charge in [0.25, 0.3) is 5.91 Å². The Morgan fingerprint density at radius 1 is 1.14 bits per heavy atom. The molecule has 2 heterocycles. The summed E-state index contributed by atoms with van der Waals surface area (Å²) in [6.07, 6.45) is 8.03. The molecule has 7 heteroatoms. The number of nitrogens with zero attached hydrogens (tertiary/aromatic N) is 2. The van der Waals surface area contributed by atoms with Crippen LogP contribution in [0.15, 0.2) is 35.9 Å². The number of hydrogen-bond acceptors (Lipinski definition) is 6. The van der Waals surface area contributed by atoms with E-state index >= 15 is 0 Å². The van der Waals surface area contributed by atoms with Crippen LogP contribution in [0.1, 0.15) is 48.4 Å². The van der Waals surface area contributed by atoms with E-state index in [-0.39, 0.29) is 12.7 Å². The first-order valence-corrected chi connectivity index (χ1v) is 9.66. The first-order chi connectivity index (χ1) is 13.7. The maximum absolute atomic E-state index is 12.5. The van der Waals surface area contributed by atoms with Crippen molar-refractivity contribution in [2.45, 2.75) is 39.0 Å². The van der Waals surface area contributed by atoms with Crippen molar-refractivity contribution in [1.29, 1.82) is 0 Å². The first-order valence-electron chi connectivity index (χ1n) is 9.66. The first kappa shape index (κ1) is 18.3. The van der Waals surface area contributed by atoms with Crippen LogP contribution in [0.2, 0.25) is 0 Å². The molecule has 0 atom stereocenters. The average molecular weight is 380 g/mol. The summed E-state index contributed by atoms with van der Waals surface area (Å²) in [6.45, 7) is 2.62. The fourth-order valence-electron chi connectivity index (χ4n) is 3.43. The summed E-state index contributed by atoms with van der Waals surface area (Å²) in [4.78, 5) is 21.2. The van der Waals surface area contributed by atoms with Crippen molar-refractivity contribution >= 4 is 17.4 Å². The van der Waals surface area contributed by atoms with Gasteiger partial charge < -0.3 is 20.1 Å². The van der Waals surface area contributed by atoms with Gasteiger partial charge in [0.1, 0.15) is 17.3 Å². The number of rotatable bonds is 6. The van der Waals surface area contributed by atoms with E-state index in [1.165, 1.54) is 18.4 Å². The van der Waals surface area contributed by atoms with Crippen molar-refractivity contribution in [3.8, 4) is 11.5 Å². The molecule has 2 aliphatic rings. The lowest BCUT2D eigenvalue weighted by molar-refractivity contribution is 0.0948. The summed E-state index contributed by atoms with van der Waals surface area (Å²) >= 11 is 0. The Hall–Kier alpha value is -3.09. The molecule has 0 bridgehead atoms. The van der Waals surface area contributed by atoms with Gasteiger partial charge in [-0.05, 0) is 51.2 Å². The fourth-order valence-corrected chi connectivity index (χ4v) is 3.43. The van der Waals surface area contributed by atoms with Crippen LogP contribution in [0.4, 0.5) is 11.5 Å². The topological polar surface area (TPSA) is 85.4 Å². The lowest BCUT2D eigenvalue weighted by Gasteiger charge is -2.13. The summed E-state index contributed by atoms with van der Waals surface area (Å²) in [5, 5.41) is 6.17. The minimum atomic E-state index is -0.185. The molecular formula is C21H24N4O3. The molecule has 1 amide bonds. The van der Waals surface area contributed by atoms with Crippen molar-refractivity contribution in [2.75, 3.05) is 18.7 Å². The smallest absolute Gasteiger partial charge is 0.270 e. The van der Waals surface area contributed by atoms with Gasteiger partial charge in [-0.15, -0.1) is 0 Å². The Morgan fingerprint density at radius 2 is 2.04 bits per heavy atom. The summed E-state index contributed by atoms with van der Waals surface area (Å²) < 4.78 is 10.7.